The number of hydrogen-bond donors (Lipinski definition) is 3. The molecule has 2 aromatic carbocycles. The Morgan fingerprint density at radius 2 is 2.15 bits per heavy atom. The number of hydrogen-bond acceptors (Lipinski definition) is 5. The molecule has 0 aliphatic carbocycles. The molecule has 2 atom stereocenters. The highest BCUT2D eigenvalue weighted by molar-refractivity contribution is 6.30. The van der Waals surface area contributed by atoms with Crippen LogP contribution in [0.1, 0.15) is 18.0 Å². The number of nitrogens with one attached hydrogen (secondary N) is 2. The number of aromatic nitrogens is 2. The fourth-order valence-electron chi connectivity index (χ4n) is 4.15. The summed E-state index contributed by atoms with van der Waals surface area (Å²) in [6, 6.07) is 8.31. The van der Waals surface area contributed by atoms with Gasteiger partial charge in [0.2, 0.25) is 5.91 Å². The van der Waals surface area contributed by atoms with Gasteiger partial charge in [0.15, 0.2) is 0 Å². The number of carbonyl (C=O) groups excluding carboxylic acids is 2. The molecule has 3 heterocycles. The van der Waals surface area contributed by atoms with Crippen molar-refractivity contribution >= 4 is 46.1 Å². The van der Waals surface area contributed by atoms with Crippen molar-refractivity contribution in [2.75, 3.05) is 24.5 Å². The van der Waals surface area contributed by atoms with E-state index in [9.17, 15) is 19.1 Å². The Kier molecular flexibility index (Phi) is 5.47. The van der Waals surface area contributed by atoms with E-state index in [-0.39, 0.29) is 29.9 Å². The molecule has 0 bridgehead atoms. The highest BCUT2D eigenvalue weighted by Gasteiger charge is 2.39. The van der Waals surface area contributed by atoms with Crippen LogP contribution >= 0.6 is 11.6 Å². The first kappa shape index (κ1) is 21.4. The van der Waals surface area contributed by atoms with Gasteiger partial charge in [-0.3, -0.25) is 20.0 Å². The third-order valence-corrected chi connectivity index (χ3v) is 6.12. The van der Waals surface area contributed by atoms with E-state index in [1.807, 2.05) is 0 Å². The van der Waals surface area contributed by atoms with Crippen molar-refractivity contribution in [2.45, 2.75) is 18.6 Å². The summed E-state index contributed by atoms with van der Waals surface area (Å²) in [7, 11) is 0. The summed E-state index contributed by atoms with van der Waals surface area (Å²) < 4.78 is 14.3. The number of aliphatic hydroxyl groups is 1. The van der Waals surface area contributed by atoms with Gasteiger partial charge >= 0.3 is 6.03 Å². The third kappa shape index (κ3) is 4.03. The quantitative estimate of drug-likeness (QED) is 0.543. The number of carbonyl (C=O) groups is 2. The number of anilines is 1. The van der Waals surface area contributed by atoms with Crippen molar-refractivity contribution in [1.82, 2.24) is 20.2 Å². The first-order chi connectivity index (χ1) is 15.9. The largest absolute Gasteiger partial charge is 0.391 e. The molecule has 2 aliphatic heterocycles. The average Bonchev–Trinajstić information content (AvgIpc) is 3.51. The summed E-state index contributed by atoms with van der Waals surface area (Å²) in [6.45, 7) is 0.512. The molecular formula is C22H20ClFN6O3. The molecule has 2 fully saturated rings. The molecule has 3 aromatic rings. The molecule has 2 saturated heterocycles. The summed E-state index contributed by atoms with van der Waals surface area (Å²) in [6.07, 6.45) is 1.54. The van der Waals surface area contributed by atoms with Gasteiger partial charge < -0.3 is 15.0 Å². The highest BCUT2D eigenvalue weighted by atomic mass is 35.5. The maximum Gasteiger partial charge on any atom is 0.328 e. The molecule has 2 unspecified atom stereocenters. The zero-order chi connectivity index (χ0) is 23.1. The lowest BCUT2D eigenvalue weighted by Gasteiger charge is -2.24. The van der Waals surface area contributed by atoms with Gasteiger partial charge in [-0.15, -0.1) is 0 Å². The van der Waals surface area contributed by atoms with Gasteiger partial charge in [-0.25, -0.2) is 14.2 Å². The topological polar surface area (TPSA) is 114 Å². The van der Waals surface area contributed by atoms with E-state index >= 15 is 0 Å². The number of amidine groups is 1. The summed E-state index contributed by atoms with van der Waals surface area (Å²) in [5, 5.41) is 12.4. The van der Waals surface area contributed by atoms with E-state index in [1.165, 1.54) is 21.9 Å². The smallest absolute Gasteiger partial charge is 0.328 e. The zero-order valence-corrected chi connectivity index (χ0v) is 18.1. The van der Waals surface area contributed by atoms with Crippen LogP contribution in [-0.4, -0.2) is 63.5 Å². The predicted molar refractivity (Wildman–Crippen MR) is 121 cm³/mol. The van der Waals surface area contributed by atoms with Crippen LogP contribution < -0.4 is 10.2 Å². The van der Waals surface area contributed by atoms with Crippen molar-refractivity contribution in [2.24, 2.45) is 4.99 Å². The van der Waals surface area contributed by atoms with E-state index in [0.717, 1.165) is 5.52 Å². The number of amides is 3. The minimum absolute atomic E-state index is 0.0400. The van der Waals surface area contributed by atoms with Gasteiger partial charge in [0.1, 0.15) is 24.2 Å². The van der Waals surface area contributed by atoms with E-state index in [4.69, 9.17) is 11.6 Å². The van der Waals surface area contributed by atoms with Gasteiger partial charge in [0.05, 0.1) is 28.5 Å². The van der Waals surface area contributed by atoms with E-state index in [1.54, 1.807) is 30.6 Å². The number of rotatable bonds is 4. The Morgan fingerprint density at radius 1 is 1.30 bits per heavy atom. The predicted octanol–water partition coefficient (Wildman–Crippen LogP) is 2.62. The number of fused-ring (bicyclic) bond motifs is 1. The van der Waals surface area contributed by atoms with Crippen molar-refractivity contribution in [3.05, 3.63) is 59.1 Å². The van der Waals surface area contributed by atoms with Crippen LogP contribution in [-0.2, 0) is 4.79 Å². The molecule has 5 rings (SSSR count). The molecule has 0 radical (unpaired) electrons. The zero-order valence-electron chi connectivity index (χ0n) is 17.3. The lowest BCUT2D eigenvalue weighted by Crippen LogP contribution is -2.32. The van der Waals surface area contributed by atoms with Crippen molar-refractivity contribution in [3.8, 4) is 0 Å². The minimum Gasteiger partial charge on any atom is -0.391 e. The van der Waals surface area contributed by atoms with Crippen molar-refractivity contribution in [3.63, 3.8) is 0 Å². The SMILES string of the molecule is O=C(C/N=C1/NC(=O)N(c2ccc3[nH]cnc3c2)C1c1ccc(Cl)c(F)c1)N1CCC(O)C1. The average molecular weight is 471 g/mol. The molecule has 9 nitrogen and oxygen atoms in total. The number of aromatic amines is 1. The van der Waals surface area contributed by atoms with Crippen LogP contribution in [0.2, 0.25) is 5.02 Å². The molecule has 3 N–H and O–H groups in total. The van der Waals surface area contributed by atoms with Crippen LogP contribution in [0.3, 0.4) is 0 Å². The Hall–Kier alpha value is -3.50. The number of H-pyrrole nitrogens is 1. The number of urea groups is 1. The lowest BCUT2D eigenvalue weighted by molar-refractivity contribution is -0.128. The highest BCUT2D eigenvalue weighted by Crippen LogP contribution is 2.34. The maximum absolute atomic E-state index is 14.3. The van der Waals surface area contributed by atoms with Crippen LogP contribution in [0.5, 0.6) is 0 Å². The fourth-order valence-corrected chi connectivity index (χ4v) is 4.27. The fraction of sp³-hybridized carbons (Fsp3) is 0.273. The summed E-state index contributed by atoms with van der Waals surface area (Å²) in [4.78, 5) is 40.1. The number of halogens is 2. The molecule has 0 spiro atoms. The van der Waals surface area contributed by atoms with E-state index in [2.05, 4.69) is 20.3 Å². The van der Waals surface area contributed by atoms with Crippen LogP contribution in [0.25, 0.3) is 11.0 Å². The van der Waals surface area contributed by atoms with Crippen molar-refractivity contribution in [1.29, 1.82) is 0 Å². The normalized spacial score (nSPS) is 21.9. The number of β-amino-alcohol motifs (C(OH)–C–C–N with tert-alkyl or cyclic N) is 1. The van der Waals surface area contributed by atoms with Gasteiger partial charge in [-0.05, 0) is 42.3 Å². The van der Waals surface area contributed by atoms with Gasteiger partial charge in [-0.1, -0.05) is 17.7 Å². The summed E-state index contributed by atoms with van der Waals surface area (Å²) >= 11 is 5.86. The lowest BCUT2D eigenvalue weighted by atomic mass is 10.0. The number of benzene rings is 2. The molecule has 33 heavy (non-hydrogen) atoms. The number of nitrogens with zero attached hydrogens (tertiary/aromatic N) is 4. The second-order valence-corrected chi connectivity index (χ2v) is 8.37. The molecular weight excluding hydrogens is 451 g/mol. The van der Waals surface area contributed by atoms with Gasteiger partial charge in [0.25, 0.3) is 0 Å². The molecule has 3 amide bonds. The number of likely N-dealkylation sites (tertiary alicyclic amines) is 1. The number of aliphatic imine (C=N–C) groups is 1. The van der Waals surface area contributed by atoms with E-state index in [0.29, 0.717) is 29.7 Å². The molecule has 11 heteroatoms. The molecule has 1 aromatic heterocycles. The van der Waals surface area contributed by atoms with Gasteiger partial charge in [-0.2, -0.15) is 0 Å². The Bertz CT molecular complexity index is 1280. The number of aliphatic hydroxyl groups excluding tert-OH is 1. The summed E-state index contributed by atoms with van der Waals surface area (Å²) in [5.74, 6) is -0.666. The van der Waals surface area contributed by atoms with Crippen molar-refractivity contribution < 1.29 is 19.1 Å². The van der Waals surface area contributed by atoms with Crippen LogP contribution in [0, 0.1) is 5.82 Å². The first-order valence-electron chi connectivity index (χ1n) is 10.4. The maximum atomic E-state index is 14.3. The molecule has 2 aliphatic rings. The van der Waals surface area contributed by atoms with Gasteiger partial charge in [0, 0.05) is 18.8 Å². The third-order valence-electron chi connectivity index (χ3n) is 5.81. The first-order valence-corrected chi connectivity index (χ1v) is 10.8. The minimum atomic E-state index is -0.794. The van der Waals surface area contributed by atoms with E-state index < -0.39 is 24.0 Å². The second kappa shape index (κ2) is 8.45. The number of imidazole rings is 1. The summed E-state index contributed by atoms with van der Waals surface area (Å²) in [5.41, 5.74) is 2.45. The Morgan fingerprint density at radius 3 is 2.91 bits per heavy atom. The molecule has 0 saturated carbocycles. The Balaban J connectivity index is 1.51. The second-order valence-electron chi connectivity index (χ2n) is 7.96. The van der Waals surface area contributed by atoms with Crippen LogP contribution in [0.4, 0.5) is 14.9 Å². The Labute approximate surface area is 192 Å². The molecule has 170 valence electrons. The standard InChI is InChI=1S/C22H20ClFN6O3/c23-15-3-1-12(7-16(15)24)20-21(25-9-19(32)29-6-5-14(31)10-29)28-22(33)30(20)13-2-4-17-18(8-13)27-11-26-17/h1-4,7-8,11,14,20,31H,5-6,9-10H2,(H,26,27)(H,25,28,33). The van der Waals surface area contributed by atoms with Crippen LogP contribution in [0.15, 0.2) is 47.7 Å². The monoisotopic (exact) mass is 470 g/mol.